The zero-order valence-electron chi connectivity index (χ0n) is 24.5. The number of aryl methyl sites for hydroxylation is 1. The van der Waals surface area contributed by atoms with Gasteiger partial charge >= 0.3 is 0 Å². The van der Waals surface area contributed by atoms with E-state index in [-0.39, 0.29) is 34.3 Å². The van der Waals surface area contributed by atoms with E-state index in [4.69, 9.17) is 27.9 Å². The first-order chi connectivity index (χ1) is 21.0. The molecule has 0 bridgehead atoms. The van der Waals surface area contributed by atoms with Gasteiger partial charge in [0, 0.05) is 30.1 Å². The molecule has 0 saturated heterocycles. The second-order valence-corrected chi connectivity index (χ2v) is 12.8. The van der Waals surface area contributed by atoms with Crippen LogP contribution in [0.1, 0.15) is 16.7 Å². The van der Waals surface area contributed by atoms with Crippen molar-refractivity contribution in [3.8, 4) is 5.75 Å². The average Bonchev–Trinajstić information content (AvgIpc) is 3.01. The van der Waals surface area contributed by atoms with E-state index < -0.39 is 34.4 Å². The maximum atomic E-state index is 14.4. The minimum absolute atomic E-state index is 0.00455. The molecule has 4 aromatic rings. The van der Waals surface area contributed by atoms with E-state index in [0.717, 1.165) is 15.4 Å². The van der Waals surface area contributed by atoms with Gasteiger partial charge in [0.15, 0.2) is 0 Å². The number of anilines is 1. The number of methoxy groups -OCH3 is 1. The second kappa shape index (κ2) is 14.6. The van der Waals surface area contributed by atoms with Gasteiger partial charge in [0.1, 0.15) is 18.3 Å². The Balaban J connectivity index is 1.84. The number of benzene rings is 4. The Kier molecular flexibility index (Phi) is 10.9. The Hall–Kier alpha value is -4.05. The van der Waals surface area contributed by atoms with Crippen LogP contribution in [0.5, 0.6) is 5.75 Å². The van der Waals surface area contributed by atoms with Gasteiger partial charge in [-0.1, -0.05) is 83.4 Å². The molecule has 1 N–H and O–H groups in total. The van der Waals surface area contributed by atoms with Crippen LogP contribution in [0.4, 0.5) is 5.69 Å². The fourth-order valence-electron chi connectivity index (χ4n) is 4.76. The molecule has 0 aliphatic rings. The van der Waals surface area contributed by atoms with E-state index in [1.165, 1.54) is 43.3 Å². The number of likely N-dealkylation sites (N-methyl/N-ethyl adjacent to an activating group) is 1. The van der Waals surface area contributed by atoms with Gasteiger partial charge in [0.25, 0.3) is 10.0 Å². The van der Waals surface area contributed by atoms with E-state index in [9.17, 15) is 18.0 Å². The first-order valence-electron chi connectivity index (χ1n) is 13.8. The van der Waals surface area contributed by atoms with Gasteiger partial charge in [-0.25, -0.2) is 8.42 Å². The molecule has 0 aromatic heterocycles. The van der Waals surface area contributed by atoms with Crippen LogP contribution in [0.15, 0.2) is 102 Å². The zero-order chi connectivity index (χ0) is 31.9. The predicted molar refractivity (Wildman–Crippen MR) is 174 cm³/mol. The summed E-state index contributed by atoms with van der Waals surface area (Å²) in [4.78, 5) is 29.1. The molecule has 44 heavy (non-hydrogen) atoms. The molecule has 8 nitrogen and oxygen atoms in total. The SMILES string of the molecule is CNC(=O)[C@@H](Cc1ccccc1)N(Cc1cccc(Cl)c1)C(=O)CN(c1cc(Cl)ccc1OC)S(=O)(=O)c1ccc(C)cc1. The quantitative estimate of drug-likeness (QED) is 0.206. The zero-order valence-corrected chi connectivity index (χ0v) is 26.9. The highest BCUT2D eigenvalue weighted by atomic mass is 35.5. The normalized spacial score (nSPS) is 11.8. The van der Waals surface area contributed by atoms with Gasteiger partial charge in [0.05, 0.1) is 17.7 Å². The van der Waals surface area contributed by atoms with Crippen LogP contribution in [-0.4, -0.2) is 51.9 Å². The van der Waals surface area contributed by atoms with E-state index in [0.29, 0.717) is 10.6 Å². The van der Waals surface area contributed by atoms with Crippen molar-refractivity contribution in [2.45, 2.75) is 30.8 Å². The molecule has 4 rings (SSSR count). The van der Waals surface area contributed by atoms with E-state index in [1.807, 2.05) is 37.3 Å². The maximum absolute atomic E-state index is 14.4. The number of carbonyl (C=O) groups is 2. The number of hydrogen-bond donors (Lipinski definition) is 1. The van der Waals surface area contributed by atoms with Crippen molar-refractivity contribution in [3.63, 3.8) is 0 Å². The van der Waals surface area contributed by atoms with Gasteiger partial charge < -0.3 is 15.0 Å². The third-order valence-corrected chi connectivity index (χ3v) is 9.30. The van der Waals surface area contributed by atoms with Crippen molar-refractivity contribution in [2.75, 3.05) is 25.0 Å². The molecule has 0 radical (unpaired) electrons. The molecule has 1 atom stereocenters. The van der Waals surface area contributed by atoms with Gasteiger partial charge in [-0.15, -0.1) is 0 Å². The lowest BCUT2D eigenvalue weighted by Crippen LogP contribution is -2.53. The van der Waals surface area contributed by atoms with E-state index in [1.54, 1.807) is 42.5 Å². The topological polar surface area (TPSA) is 96.0 Å². The molecule has 0 saturated carbocycles. The molecule has 0 spiro atoms. The van der Waals surface area contributed by atoms with Crippen molar-refractivity contribution in [1.82, 2.24) is 10.2 Å². The molecule has 0 aliphatic heterocycles. The van der Waals surface area contributed by atoms with E-state index in [2.05, 4.69) is 5.32 Å². The maximum Gasteiger partial charge on any atom is 0.264 e. The largest absolute Gasteiger partial charge is 0.495 e. The van der Waals surface area contributed by atoms with Crippen LogP contribution < -0.4 is 14.4 Å². The summed E-state index contributed by atoms with van der Waals surface area (Å²) in [5, 5.41) is 3.37. The molecule has 4 aromatic carbocycles. The third-order valence-electron chi connectivity index (χ3n) is 7.06. The molecular weight excluding hydrogens is 621 g/mol. The fraction of sp³-hybridized carbons (Fsp3) is 0.212. The second-order valence-electron chi connectivity index (χ2n) is 10.1. The van der Waals surface area contributed by atoms with Crippen LogP contribution in [0, 0.1) is 6.92 Å². The first-order valence-corrected chi connectivity index (χ1v) is 16.0. The number of nitrogens with one attached hydrogen (secondary N) is 1. The van der Waals surface area contributed by atoms with E-state index >= 15 is 0 Å². The molecule has 0 aliphatic carbocycles. The number of rotatable bonds is 12. The number of carbonyl (C=O) groups excluding carboxylic acids is 2. The molecular formula is C33H33Cl2N3O5S. The number of sulfonamides is 1. The van der Waals surface area contributed by atoms with Crippen molar-refractivity contribution in [1.29, 1.82) is 0 Å². The summed E-state index contributed by atoms with van der Waals surface area (Å²) in [6.07, 6.45) is 0.192. The molecule has 0 heterocycles. The fourth-order valence-corrected chi connectivity index (χ4v) is 6.56. The average molecular weight is 655 g/mol. The monoisotopic (exact) mass is 653 g/mol. The van der Waals surface area contributed by atoms with Crippen LogP contribution in [0.25, 0.3) is 0 Å². The summed E-state index contributed by atoms with van der Waals surface area (Å²) < 4.78 is 34.9. The summed E-state index contributed by atoms with van der Waals surface area (Å²) in [6, 6.07) is 26.1. The van der Waals surface area contributed by atoms with Crippen LogP contribution in [0.3, 0.4) is 0 Å². The summed E-state index contributed by atoms with van der Waals surface area (Å²) in [5.41, 5.74) is 2.44. The highest BCUT2D eigenvalue weighted by molar-refractivity contribution is 7.92. The summed E-state index contributed by atoms with van der Waals surface area (Å²) in [5.74, 6) is -0.823. The number of nitrogens with zero attached hydrogens (tertiary/aromatic N) is 2. The molecule has 0 fully saturated rings. The molecule has 2 amide bonds. The van der Waals surface area contributed by atoms with Crippen LogP contribution in [0.2, 0.25) is 10.0 Å². The summed E-state index contributed by atoms with van der Waals surface area (Å²) in [6.45, 7) is 1.20. The Bertz CT molecular complexity index is 1720. The first kappa shape index (κ1) is 32.9. The predicted octanol–water partition coefficient (Wildman–Crippen LogP) is 5.89. The lowest BCUT2D eigenvalue weighted by molar-refractivity contribution is -0.139. The lowest BCUT2D eigenvalue weighted by Gasteiger charge is -2.34. The van der Waals surface area contributed by atoms with Crippen LogP contribution >= 0.6 is 23.2 Å². The molecule has 230 valence electrons. The van der Waals surface area contributed by atoms with Crippen molar-refractivity contribution >= 4 is 50.7 Å². The Morgan fingerprint density at radius 1 is 0.864 bits per heavy atom. The van der Waals surface area contributed by atoms with Gasteiger partial charge in [0.2, 0.25) is 11.8 Å². The molecule has 0 unspecified atom stereocenters. The standard InChI is InChI=1S/C33H33Cl2N3O5S/c1-23-12-15-28(16-13-23)44(41,42)38(29-20-27(35)14-17-31(29)43-3)22-32(39)37(21-25-10-7-11-26(34)18-25)30(33(40)36-2)19-24-8-5-4-6-9-24/h4-18,20,30H,19,21-22H2,1-3H3,(H,36,40)/t30-/m1/s1. The number of ether oxygens (including phenoxy) is 1. The lowest BCUT2D eigenvalue weighted by atomic mass is 10.0. The van der Waals surface area contributed by atoms with Crippen molar-refractivity contribution in [3.05, 3.63) is 124 Å². The van der Waals surface area contributed by atoms with Crippen molar-refractivity contribution in [2.24, 2.45) is 0 Å². The Labute approximate surface area is 268 Å². The van der Waals surface area contributed by atoms with Gasteiger partial charge in [-0.2, -0.15) is 0 Å². The summed E-state index contributed by atoms with van der Waals surface area (Å²) >= 11 is 12.6. The van der Waals surface area contributed by atoms with Gasteiger partial charge in [-0.05, 0) is 60.5 Å². The van der Waals surface area contributed by atoms with Crippen molar-refractivity contribution < 1.29 is 22.7 Å². The molecule has 11 heteroatoms. The minimum atomic E-state index is -4.31. The highest BCUT2D eigenvalue weighted by Crippen LogP contribution is 2.35. The number of amides is 2. The third kappa shape index (κ3) is 7.91. The summed E-state index contributed by atoms with van der Waals surface area (Å²) in [7, 11) is -1.42. The van der Waals surface area contributed by atoms with Crippen LogP contribution in [-0.2, 0) is 32.6 Å². The highest BCUT2D eigenvalue weighted by Gasteiger charge is 2.35. The number of halogens is 2. The Morgan fingerprint density at radius 3 is 2.16 bits per heavy atom. The smallest absolute Gasteiger partial charge is 0.264 e. The van der Waals surface area contributed by atoms with Gasteiger partial charge in [-0.3, -0.25) is 13.9 Å². The minimum Gasteiger partial charge on any atom is -0.495 e. The Morgan fingerprint density at radius 2 is 1.52 bits per heavy atom. The number of hydrogen-bond acceptors (Lipinski definition) is 5.